The molecular formula is C21H19N5O2. The summed E-state index contributed by atoms with van der Waals surface area (Å²) in [5.74, 6) is 1.01. The highest BCUT2D eigenvalue weighted by atomic mass is 16.5. The Labute approximate surface area is 162 Å². The van der Waals surface area contributed by atoms with Crippen molar-refractivity contribution < 1.29 is 9.53 Å². The Morgan fingerprint density at radius 3 is 2.57 bits per heavy atom. The number of hydrogen-bond donors (Lipinski definition) is 1. The number of nitrogens with one attached hydrogen (secondary N) is 1. The van der Waals surface area contributed by atoms with Crippen LogP contribution >= 0.6 is 0 Å². The summed E-state index contributed by atoms with van der Waals surface area (Å²) in [5.41, 5.74) is 3.45. The molecule has 0 saturated heterocycles. The number of fused-ring (bicyclic) bond motifs is 1. The number of aryl methyl sites for hydroxylation is 2. The molecule has 0 aliphatic carbocycles. The molecule has 0 unspecified atom stereocenters. The Hall–Kier alpha value is -3.74. The maximum Gasteiger partial charge on any atom is 0.257 e. The van der Waals surface area contributed by atoms with Crippen molar-refractivity contribution in [2.45, 2.75) is 13.8 Å². The van der Waals surface area contributed by atoms with Crippen molar-refractivity contribution in [1.82, 2.24) is 19.7 Å². The van der Waals surface area contributed by atoms with Crippen LogP contribution in [-0.2, 0) is 0 Å². The molecule has 0 spiro atoms. The molecule has 1 N–H and O–H groups in total. The van der Waals surface area contributed by atoms with Crippen LogP contribution in [0.15, 0.2) is 54.7 Å². The second-order valence-corrected chi connectivity index (χ2v) is 6.37. The average molecular weight is 373 g/mol. The Morgan fingerprint density at radius 1 is 1.11 bits per heavy atom. The molecule has 0 bridgehead atoms. The molecule has 3 heterocycles. The summed E-state index contributed by atoms with van der Waals surface area (Å²) in [6, 6.07) is 14.7. The van der Waals surface area contributed by atoms with Gasteiger partial charge in [-0.25, -0.2) is 14.6 Å². The first-order valence-electron chi connectivity index (χ1n) is 8.80. The normalized spacial score (nSPS) is 10.8. The zero-order valence-electron chi connectivity index (χ0n) is 15.8. The maximum absolute atomic E-state index is 12.9. The molecule has 4 aromatic rings. The van der Waals surface area contributed by atoms with E-state index >= 15 is 0 Å². The van der Waals surface area contributed by atoms with E-state index in [1.807, 2.05) is 44.2 Å². The summed E-state index contributed by atoms with van der Waals surface area (Å²) in [6.45, 7) is 3.73. The number of benzene rings is 1. The number of carbonyl (C=O) groups is 1. The van der Waals surface area contributed by atoms with Gasteiger partial charge in [-0.1, -0.05) is 6.07 Å². The Balaban J connectivity index is 1.82. The number of rotatable bonds is 4. The van der Waals surface area contributed by atoms with E-state index in [1.54, 1.807) is 36.2 Å². The van der Waals surface area contributed by atoms with Gasteiger partial charge >= 0.3 is 0 Å². The van der Waals surface area contributed by atoms with Crippen LogP contribution < -0.4 is 10.1 Å². The highest BCUT2D eigenvalue weighted by Gasteiger charge is 2.20. The van der Waals surface area contributed by atoms with Gasteiger partial charge in [-0.3, -0.25) is 4.79 Å². The van der Waals surface area contributed by atoms with E-state index < -0.39 is 0 Å². The van der Waals surface area contributed by atoms with Crippen molar-refractivity contribution in [3.8, 4) is 11.4 Å². The first-order chi connectivity index (χ1) is 13.6. The minimum Gasteiger partial charge on any atom is -0.497 e. The molecule has 140 valence electrons. The van der Waals surface area contributed by atoms with Gasteiger partial charge in [0.25, 0.3) is 5.91 Å². The second-order valence-electron chi connectivity index (χ2n) is 6.37. The summed E-state index contributed by atoms with van der Waals surface area (Å²) in [5, 5.41) is 8.18. The number of amides is 1. The topological polar surface area (TPSA) is 81.9 Å². The summed E-state index contributed by atoms with van der Waals surface area (Å²) in [7, 11) is 1.62. The van der Waals surface area contributed by atoms with Crippen LogP contribution in [0.5, 0.6) is 5.75 Å². The first kappa shape index (κ1) is 17.7. The summed E-state index contributed by atoms with van der Waals surface area (Å²) in [6.07, 6.45) is 1.63. The van der Waals surface area contributed by atoms with Gasteiger partial charge in [0.05, 0.1) is 29.4 Å². The molecule has 1 amide bonds. The minimum absolute atomic E-state index is 0.244. The SMILES string of the molecule is COc1ccc(-n2nc(C)c3c(C(=O)Nc4ccccn4)cc(C)nc32)cc1. The Morgan fingerprint density at radius 2 is 1.89 bits per heavy atom. The monoisotopic (exact) mass is 373 g/mol. The second kappa shape index (κ2) is 7.11. The van der Waals surface area contributed by atoms with Crippen molar-refractivity contribution in [2.75, 3.05) is 12.4 Å². The predicted molar refractivity (Wildman–Crippen MR) is 107 cm³/mol. The van der Waals surface area contributed by atoms with Crippen LogP contribution in [0.25, 0.3) is 16.7 Å². The first-order valence-corrected chi connectivity index (χ1v) is 8.80. The van der Waals surface area contributed by atoms with E-state index in [-0.39, 0.29) is 5.91 Å². The highest BCUT2D eigenvalue weighted by molar-refractivity contribution is 6.12. The molecule has 7 nitrogen and oxygen atoms in total. The van der Waals surface area contributed by atoms with Gasteiger partial charge in [-0.05, 0) is 56.3 Å². The summed E-state index contributed by atoms with van der Waals surface area (Å²) < 4.78 is 6.96. The molecule has 0 aliphatic heterocycles. The number of aromatic nitrogens is 4. The van der Waals surface area contributed by atoms with Gasteiger partial charge in [-0.15, -0.1) is 0 Å². The number of anilines is 1. The molecule has 3 aromatic heterocycles. The fourth-order valence-corrected chi connectivity index (χ4v) is 3.12. The van der Waals surface area contributed by atoms with E-state index in [0.717, 1.165) is 28.2 Å². The number of hydrogen-bond acceptors (Lipinski definition) is 5. The molecule has 4 rings (SSSR count). The van der Waals surface area contributed by atoms with Gasteiger partial charge in [-0.2, -0.15) is 5.10 Å². The third-order valence-electron chi connectivity index (χ3n) is 4.41. The lowest BCUT2D eigenvalue weighted by atomic mass is 10.1. The van der Waals surface area contributed by atoms with Crippen LogP contribution in [0.4, 0.5) is 5.82 Å². The van der Waals surface area contributed by atoms with Gasteiger partial charge in [0.1, 0.15) is 11.6 Å². The zero-order chi connectivity index (χ0) is 19.7. The number of methoxy groups -OCH3 is 1. The lowest BCUT2D eigenvalue weighted by Crippen LogP contribution is -2.14. The van der Waals surface area contributed by atoms with E-state index in [0.29, 0.717) is 17.0 Å². The lowest BCUT2D eigenvalue weighted by molar-refractivity contribution is 0.102. The largest absolute Gasteiger partial charge is 0.497 e. The van der Waals surface area contributed by atoms with Crippen LogP contribution in [0.2, 0.25) is 0 Å². The zero-order valence-corrected chi connectivity index (χ0v) is 15.8. The smallest absolute Gasteiger partial charge is 0.257 e. The maximum atomic E-state index is 12.9. The minimum atomic E-state index is -0.244. The molecule has 0 aliphatic rings. The fourth-order valence-electron chi connectivity index (χ4n) is 3.12. The van der Waals surface area contributed by atoms with Gasteiger partial charge in [0, 0.05) is 11.9 Å². The van der Waals surface area contributed by atoms with E-state index in [1.165, 1.54) is 0 Å². The highest BCUT2D eigenvalue weighted by Crippen LogP contribution is 2.26. The number of nitrogens with zero attached hydrogens (tertiary/aromatic N) is 4. The molecule has 28 heavy (non-hydrogen) atoms. The third kappa shape index (κ3) is 3.18. The summed E-state index contributed by atoms with van der Waals surface area (Å²) >= 11 is 0. The fraction of sp³-hybridized carbons (Fsp3) is 0.143. The van der Waals surface area contributed by atoms with Crippen LogP contribution in [0.3, 0.4) is 0 Å². The van der Waals surface area contributed by atoms with Crippen LogP contribution in [0, 0.1) is 13.8 Å². The number of carbonyl (C=O) groups excluding carboxylic acids is 1. The number of ether oxygens (including phenoxy) is 1. The van der Waals surface area contributed by atoms with Crippen LogP contribution in [0.1, 0.15) is 21.7 Å². The van der Waals surface area contributed by atoms with Crippen LogP contribution in [-0.4, -0.2) is 32.8 Å². The van der Waals surface area contributed by atoms with E-state index in [9.17, 15) is 4.79 Å². The molecule has 7 heteroatoms. The lowest BCUT2D eigenvalue weighted by Gasteiger charge is -2.08. The molecular weight excluding hydrogens is 354 g/mol. The van der Waals surface area contributed by atoms with E-state index in [4.69, 9.17) is 4.74 Å². The van der Waals surface area contributed by atoms with Crippen molar-refractivity contribution >= 4 is 22.8 Å². The van der Waals surface area contributed by atoms with Crippen molar-refractivity contribution in [2.24, 2.45) is 0 Å². The molecule has 0 fully saturated rings. The molecule has 1 aromatic carbocycles. The Bertz CT molecular complexity index is 1150. The molecule has 0 atom stereocenters. The van der Waals surface area contributed by atoms with Crippen molar-refractivity contribution in [3.05, 3.63) is 71.7 Å². The van der Waals surface area contributed by atoms with Gasteiger partial charge in [0.15, 0.2) is 5.65 Å². The summed E-state index contributed by atoms with van der Waals surface area (Å²) in [4.78, 5) is 21.7. The van der Waals surface area contributed by atoms with Crippen molar-refractivity contribution in [1.29, 1.82) is 0 Å². The molecule has 0 saturated carbocycles. The number of pyridine rings is 2. The predicted octanol–water partition coefficient (Wildman–Crippen LogP) is 3.69. The van der Waals surface area contributed by atoms with Gasteiger partial charge < -0.3 is 10.1 Å². The molecule has 0 radical (unpaired) electrons. The third-order valence-corrected chi connectivity index (χ3v) is 4.41. The van der Waals surface area contributed by atoms with Gasteiger partial charge in [0.2, 0.25) is 0 Å². The van der Waals surface area contributed by atoms with E-state index in [2.05, 4.69) is 20.4 Å². The average Bonchev–Trinajstić information content (AvgIpc) is 3.04. The quantitative estimate of drug-likeness (QED) is 0.590. The standard InChI is InChI=1S/C21H19N5O2/c1-13-12-17(21(27)24-18-6-4-5-11-22-18)19-14(2)25-26(20(19)23-13)15-7-9-16(28-3)10-8-15/h4-12H,1-3H3,(H,22,24,27). The van der Waals surface area contributed by atoms with Crippen molar-refractivity contribution in [3.63, 3.8) is 0 Å². The Kier molecular flexibility index (Phi) is 4.49.